The van der Waals surface area contributed by atoms with Crippen LogP contribution in [0.4, 0.5) is 0 Å². The van der Waals surface area contributed by atoms with Crippen LogP contribution in [0.15, 0.2) is 218 Å². The Morgan fingerprint density at radius 1 is 0.400 bits per heavy atom. The Hall–Kier alpha value is -5.44. The average molecular weight is 926 g/mol. The van der Waals surface area contributed by atoms with E-state index in [9.17, 15) is 26.9 Å². The van der Waals surface area contributed by atoms with Crippen molar-refractivity contribution in [3.8, 4) is 11.1 Å². The molecule has 2 heterocycles. The van der Waals surface area contributed by atoms with Gasteiger partial charge in [0.15, 0.2) is 0 Å². The summed E-state index contributed by atoms with van der Waals surface area (Å²) in [6, 6.07) is 59.2. The zero-order valence-electron chi connectivity index (χ0n) is 31.6. The number of benzene rings is 8. The lowest BCUT2D eigenvalue weighted by Gasteiger charge is -2.07. The van der Waals surface area contributed by atoms with E-state index in [1.807, 2.05) is 48.5 Å². The van der Waals surface area contributed by atoms with Gasteiger partial charge < -0.3 is 10.0 Å². The molecule has 12 heteroatoms. The molecule has 8 aromatic carbocycles. The molecule has 0 atom stereocenters. The van der Waals surface area contributed by atoms with Crippen LogP contribution in [0, 0.1) is 0 Å². The Morgan fingerprint density at radius 3 is 1.32 bits per heavy atom. The molecule has 0 spiro atoms. The summed E-state index contributed by atoms with van der Waals surface area (Å²) in [7, 11) is -8.28. The van der Waals surface area contributed by atoms with E-state index in [-0.39, 0.29) is 0 Å². The topological polar surface area (TPSA) is 109 Å². The first-order valence-electron chi connectivity index (χ1n) is 18.7. The molecule has 60 heavy (non-hydrogen) atoms. The van der Waals surface area contributed by atoms with Crippen LogP contribution in [-0.2, 0) is 19.7 Å². The first-order chi connectivity index (χ1) is 29.0. The van der Waals surface area contributed by atoms with Crippen LogP contribution in [0.1, 0.15) is 0 Å². The van der Waals surface area contributed by atoms with Crippen LogP contribution < -0.4 is 5.46 Å². The molecule has 2 N–H and O–H groups in total. The van der Waals surface area contributed by atoms with Gasteiger partial charge in [-0.05, 0) is 94.8 Å². The number of rotatable bonds is 6. The third-order valence-electron chi connectivity index (χ3n) is 9.82. The smallest absolute Gasteiger partial charge is 0.423 e. The zero-order valence-corrected chi connectivity index (χ0v) is 36.4. The Balaban J connectivity index is 0.000000134. The van der Waals surface area contributed by atoms with Crippen LogP contribution in [-0.4, -0.2) is 34.0 Å². The van der Waals surface area contributed by atoms with E-state index in [0.717, 1.165) is 25.7 Å². The summed E-state index contributed by atoms with van der Waals surface area (Å²) in [5.74, 6) is 0. The summed E-state index contributed by atoms with van der Waals surface area (Å²) >= 11 is 6.64. The Labute approximate surface area is 364 Å². The molecule has 10 aromatic rings. The summed E-state index contributed by atoms with van der Waals surface area (Å²) < 4.78 is 55.4. The standard InChI is InChI=1S/C24H16O2S2.C12H9BO2S.C12H9BrO2S/c25-28(26,18-7-2-1-3-8-18)19-15-13-17(14-16-19)20-10-6-11-22-21-9-4-5-12-23(21)27-24(20)22;14-13(15)10-6-3-5-9-8-4-1-2-7-11(8)16-12(9)10;13-10-6-8-12(9-7-10)16(14,15)11-4-2-1-3-5-11/h1-16H;1-7,14-15H;1-9H. The minimum Gasteiger partial charge on any atom is -0.423 e. The Morgan fingerprint density at radius 2 is 0.800 bits per heavy atom. The van der Waals surface area contributed by atoms with Crippen molar-refractivity contribution < 1.29 is 26.9 Å². The minimum absolute atomic E-state index is 0.307. The number of halogens is 1. The molecular formula is C48H34BBrO6S4. The van der Waals surface area contributed by atoms with Crippen molar-refractivity contribution in [1.82, 2.24) is 0 Å². The van der Waals surface area contributed by atoms with Crippen molar-refractivity contribution in [2.75, 3.05) is 0 Å². The van der Waals surface area contributed by atoms with Gasteiger partial charge in [0, 0.05) is 39.4 Å². The van der Waals surface area contributed by atoms with Crippen molar-refractivity contribution >= 4 is 111 Å². The first-order valence-corrected chi connectivity index (χ1v) is 24.0. The molecule has 296 valence electrons. The molecule has 0 aliphatic carbocycles. The molecule has 0 saturated carbocycles. The number of hydrogen-bond acceptors (Lipinski definition) is 8. The highest BCUT2D eigenvalue weighted by atomic mass is 79.9. The molecule has 0 bridgehead atoms. The van der Waals surface area contributed by atoms with E-state index >= 15 is 0 Å². The minimum atomic E-state index is -3.50. The quantitative estimate of drug-likeness (QED) is 0.161. The van der Waals surface area contributed by atoms with Crippen LogP contribution in [0.5, 0.6) is 0 Å². The van der Waals surface area contributed by atoms with E-state index < -0.39 is 26.8 Å². The fourth-order valence-corrected chi connectivity index (χ4v) is 12.1. The molecular weight excluding hydrogens is 892 g/mol. The molecule has 0 fully saturated rings. The predicted octanol–water partition coefficient (Wildman–Crippen LogP) is 11.6. The first kappa shape index (κ1) is 41.3. The van der Waals surface area contributed by atoms with Crippen molar-refractivity contribution in [1.29, 1.82) is 0 Å². The maximum absolute atomic E-state index is 12.8. The zero-order chi connectivity index (χ0) is 41.9. The summed E-state index contributed by atoms with van der Waals surface area (Å²) in [6.45, 7) is 0. The largest absolute Gasteiger partial charge is 0.489 e. The SMILES string of the molecule is O=S(=O)(c1ccccc1)c1ccc(-c2cccc3c2sc2ccccc23)cc1.O=S(=O)(c1ccccc1)c1ccc(Br)cc1.OB(O)c1cccc2c1sc1ccccc12. The maximum atomic E-state index is 12.8. The molecule has 0 amide bonds. The lowest BCUT2D eigenvalue weighted by molar-refractivity contribution is 0.426. The van der Waals surface area contributed by atoms with Crippen molar-refractivity contribution in [2.24, 2.45) is 0 Å². The second kappa shape index (κ2) is 17.7. The molecule has 0 saturated heterocycles. The fraction of sp³-hybridized carbons (Fsp3) is 0. The van der Waals surface area contributed by atoms with Gasteiger partial charge in [0.1, 0.15) is 0 Å². The number of hydrogen-bond donors (Lipinski definition) is 2. The predicted molar refractivity (Wildman–Crippen MR) is 252 cm³/mol. The fourth-order valence-electron chi connectivity index (χ4n) is 6.85. The van der Waals surface area contributed by atoms with Gasteiger partial charge in [0.2, 0.25) is 19.7 Å². The highest BCUT2D eigenvalue weighted by Gasteiger charge is 2.19. The summed E-state index contributed by atoms with van der Waals surface area (Å²) in [6.07, 6.45) is 0. The molecule has 0 aliphatic heterocycles. The van der Waals surface area contributed by atoms with E-state index in [2.05, 4.69) is 64.5 Å². The number of sulfone groups is 2. The lowest BCUT2D eigenvalue weighted by atomic mass is 9.80. The number of fused-ring (bicyclic) bond motifs is 6. The molecule has 2 aromatic heterocycles. The van der Waals surface area contributed by atoms with Gasteiger partial charge >= 0.3 is 7.12 Å². The molecule has 0 radical (unpaired) electrons. The van der Waals surface area contributed by atoms with Gasteiger partial charge in [-0.15, -0.1) is 22.7 Å². The average Bonchev–Trinajstić information content (AvgIpc) is 3.86. The third kappa shape index (κ3) is 8.46. The van der Waals surface area contributed by atoms with E-state index in [4.69, 9.17) is 0 Å². The molecule has 0 unspecified atom stereocenters. The Bertz CT molecular complexity index is 3320. The maximum Gasteiger partial charge on any atom is 0.489 e. The van der Waals surface area contributed by atoms with E-state index in [1.165, 1.54) is 30.3 Å². The van der Waals surface area contributed by atoms with Crippen LogP contribution in [0.3, 0.4) is 0 Å². The highest BCUT2D eigenvalue weighted by molar-refractivity contribution is 9.10. The second-order valence-corrected chi connectivity index (χ2v) is 20.5. The van der Waals surface area contributed by atoms with E-state index in [1.54, 1.807) is 120 Å². The normalized spacial score (nSPS) is 11.5. The summed E-state index contributed by atoms with van der Waals surface area (Å²) in [5, 5.41) is 23.4. The molecule has 10 rings (SSSR count). The third-order valence-corrected chi connectivity index (χ3v) is 16.4. The van der Waals surface area contributed by atoms with Crippen molar-refractivity contribution in [2.45, 2.75) is 19.6 Å². The van der Waals surface area contributed by atoms with Gasteiger partial charge in [-0.1, -0.05) is 137 Å². The van der Waals surface area contributed by atoms with Crippen LogP contribution >= 0.6 is 38.6 Å². The molecule has 6 nitrogen and oxygen atoms in total. The van der Waals surface area contributed by atoms with Gasteiger partial charge in [-0.3, -0.25) is 0 Å². The van der Waals surface area contributed by atoms with Gasteiger partial charge in [0.05, 0.1) is 19.6 Å². The van der Waals surface area contributed by atoms with Gasteiger partial charge in [0.25, 0.3) is 0 Å². The van der Waals surface area contributed by atoms with Crippen LogP contribution in [0.2, 0.25) is 0 Å². The number of thiophene rings is 2. The Kier molecular flexibility index (Phi) is 12.2. The monoisotopic (exact) mass is 924 g/mol. The van der Waals surface area contributed by atoms with E-state index in [0.29, 0.717) is 25.0 Å². The highest BCUT2D eigenvalue weighted by Crippen LogP contribution is 2.40. The summed E-state index contributed by atoms with van der Waals surface area (Å²) in [5.41, 5.74) is 2.73. The lowest BCUT2D eigenvalue weighted by Crippen LogP contribution is -2.29. The second-order valence-electron chi connectivity index (χ2n) is 13.6. The molecule has 0 aliphatic rings. The van der Waals surface area contributed by atoms with Gasteiger partial charge in [-0.2, -0.15) is 0 Å². The van der Waals surface area contributed by atoms with Crippen LogP contribution in [0.25, 0.3) is 51.5 Å². The summed E-state index contributed by atoms with van der Waals surface area (Å²) in [4.78, 5) is 1.25. The van der Waals surface area contributed by atoms with Crippen molar-refractivity contribution in [3.05, 3.63) is 199 Å². The van der Waals surface area contributed by atoms with Crippen molar-refractivity contribution in [3.63, 3.8) is 0 Å². The van der Waals surface area contributed by atoms with Gasteiger partial charge in [-0.25, -0.2) is 16.8 Å².